The lowest BCUT2D eigenvalue weighted by atomic mass is 9.81. The summed E-state index contributed by atoms with van der Waals surface area (Å²) in [7, 11) is 0. The predicted octanol–water partition coefficient (Wildman–Crippen LogP) is 6.36. The fourth-order valence-corrected chi connectivity index (χ4v) is 3.57. The quantitative estimate of drug-likeness (QED) is 0.360. The first-order valence-electron chi connectivity index (χ1n) is 8.10. The molecular weight excluding hydrogens is 355 g/mol. The van der Waals surface area contributed by atoms with Crippen LogP contribution in [0.1, 0.15) is 56.7 Å². The second kappa shape index (κ2) is 9.07. The van der Waals surface area contributed by atoms with E-state index in [1.54, 1.807) is 5.56 Å². The smallest absolute Gasteiger partial charge is 0.00238 e. The van der Waals surface area contributed by atoms with Gasteiger partial charge in [-0.15, -0.1) is 0 Å². The van der Waals surface area contributed by atoms with Crippen molar-refractivity contribution in [1.29, 1.82) is 0 Å². The van der Waals surface area contributed by atoms with Crippen LogP contribution in [0.4, 0.5) is 0 Å². The maximum atomic E-state index is 2.56. The Morgan fingerprint density at radius 2 is 1.65 bits per heavy atom. The van der Waals surface area contributed by atoms with Crippen molar-refractivity contribution < 1.29 is 0 Å². The molecule has 0 amide bonds. The molecule has 1 aromatic carbocycles. The van der Waals surface area contributed by atoms with Gasteiger partial charge in [0, 0.05) is 4.43 Å². The monoisotopic (exact) mass is 386 g/mol. The van der Waals surface area contributed by atoms with Crippen LogP contribution in [0.25, 0.3) is 0 Å². The fourth-order valence-electron chi connectivity index (χ4n) is 2.85. The summed E-state index contributed by atoms with van der Waals surface area (Å²) in [6.45, 7) is 11.7. The third-order valence-electron chi connectivity index (χ3n) is 4.89. The van der Waals surface area contributed by atoms with Crippen LogP contribution in [0.3, 0.4) is 0 Å². The first-order chi connectivity index (χ1) is 9.49. The number of alkyl halides is 1. The molecule has 0 aliphatic carbocycles. The van der Waals surface area contributed by atoms with Crippen LogP contribution in [0.2, 0.25) is 0 Å². The Labute approximate surface area is 139 Å². The molecule has 114 valence electrons. The molecule has 0 spiro atoms. The van der Waals surface area contributed by atoms with Gasteiger partial charge in [-0.2, -0.15) is 0 Å². The summed E-state index contributed by atoms with van der Waals surface area (Å²) < 4.78 is 1.27. The molecule has 20 heavy (non-hydrogen) atoms. The topological polar surface area (TPSA) is 0 Å². The molecule has 0 nitrogen and oxygen atoms in total. The number of rotatable bonds is 8. The van der Waals surface area contributed by atoms with Gasteiger partial charge in [0.1, 0.15) is 0 Å². The van der Waals surface area contributed by atoms with Crippen LogP contribution in [0.5, 0.6) is 0 Å². The zero-order chi connectivity index (χ0) is 15.1. The van der Waals surface area contributed by atoms with Crippen LogP contribution < -0.4 is 0 Å². The van der Waals surface area contributed by atoms with Crippen LogP contribution in [-0.4, -0.2) is 4.43 Å². The molecule has 0 aromatic heterocycles. The first kappa shape index (κ1) is 18.0. The van der Waals surface area contributed by atoms with Crippen molar-refractivity contribution in [3.63, 3.8) is 0 Å². The average molecular weight is 386 g/mol. The summed E-state index contributed by atoms with van der Waals surface area (Å²) in [5, 5.41) is 0. The van der Waals surface area contributed by atoms with Gasteiger partial charge in [0.15, 0.2) is 0 Å². The zero-order valence-corrected chi connectivity index (χ0v) is 16.0. The minimum Gasteiger partial charge on any atom is -0.0861 e. The van der Waals surface area contributed by atoms with E-state index in [1.807, 2.05) is 0 Å². The van der Waals surface area contributed by atoms with E-state index >= 15 is 0 Å². The van der Waals surface area contributed by atoms with Gasteiger partial charge in [0.25, 0.3) is 0 Å². The molecule has 2 unspecified atom stereocenters. The third kappa shape index (κ3) is 5.38. The molecule has 0 aliphatic heterocycles. The molecule has 0 fully saturated rings. The highest BCUT2D eigenvalue weighted by Gasteiger charge is 2.19. The summed E-state index contributed by atoms with van der Waals surface area (Å²) in [6, 6.07) is 6.72. The number of aryl methyl sites for hydroxylation is 2. The summed E-state index contributed by atoms with van der Waals surface area (Å²) in [6.07, 6.45) is 5.34. The van der Waals surface area contributed by atoms with E-state index in [4.69, 9.17) is 0 Å². The average Bonchev–Trinajstić information content (AvgIpc) is 2.44. The van der Waals surface area contributed by atoms with Crippen molar-refractivity contribution in [2.75, 3.05) is 4.43 Å². The molecule has 0 aliphatic rings. The van der Waals surface area contributed by atoms with E-state index < -0.39 is 0 Å². The summed E-state index contributed by atoms with van der Waals surface area (Å²) in [5.41, 5.74) is 4.54. The van der Waals surface area contributed by atoms with Crippen LogP contribution in [-0.2, 0) is 6.42 Å². The molecule has 0 saturated heterocycles. The lowest BCUT2D eigenvalue weighted by Crippen LogP contribution is -2.18. The van der Waals surface area contributed by atoms with Gasteiger partial charge in [0.2, 0.25) is 0 Å². The fraction of sp³-hybridized carbons (Fsp3) is 0.684. The van der Waals surface area contributed by atoms with Crippen molar-refractivity contribution in [1.82, 2.24) is 0 Å². The van der Waals surface area contributed by atoms with Crippen molar-refractivity contribution in [3.05, 3.63) is 34.9 Å². The van der Waals surface area contributed by atoms with Gasteiger partial charge in [-0.25, -0.2) is 0 Å². The van der Waals surface area contributed by atoms with Crippen molar-refractivity contribution in [2.45, 2.75) is 60.3 Å². The Kier molecular flexibility index (Phi) is 8.16. The molecular formula is C19H31I. The van der Waals surface area contributed by atoms with Crippen molar-refractivity contribution >= 4 is 22.6 Å². The largest absolute Gasteiger partial charge is 0.0861 e. The Hall–Kier alpha value is -0.0500. The minimum absolute atomic E-state index is 0.818. The van der Waals surface area contributed by atoms with Gasteiger partial charge in [0.05, 0.1) is 0 Å². The molecule has 0 saturated carbocycles. The normalized spacial score (nSPS) is 15.9. The van der Waals surface area contributed by atoms with Gasteiger partial charge in [-0.05, 0) is 61.1 Å². The van der Waals surface area contributed by atoms with Crippen LogP contribution in [0, 0.1) is 31.6 Å². The third-order valence-corrected chi connectivity index (χ3v) is 6.28. The second-order valence-electron chi connectivity index (χ2n) is 6.56. The van der Waals surface area contributed by atoms with Crippen LogP contribution in [0.15, 0.2) is 18.2 Å². The lowest BCUT2D eigenvalue weighted by molar-refractivity contribution is 0.327. The summed E-state index contributed by atoms with van der Waals surface area (Å²) in [5.74, 6) is 2.52. The van der Waals surface area contributed by atoms with Gasteiger partial charge < -0.3 is 0 Å². The Morgan fingerprint density at radius 3 is 2.15 bits per heavy atom. The summed E-state index contributed by atoms with van der Waals surface area (Å²) in [4.78, 5) is 0. The maximum Gasteiger partial charge on any atom is 0.00238 e. The molecule has 3 atom stereocenters. The SMILES string of the molecule is CCC(C)CC[C@H](Cc1c(C)cccc1C)C(C)CI. The van der Waals surface area contributed by atoms with E-state index in [0.29, 0.717) is 0 Å². The lowest BCUT2D eigenvalue weighted by Gasteiger charge is -2.25. The summed E-state index contributed by atoms with van der Waals surface area (Å²) >= 11 is 2.56. The number of halogens is 1. The van der Waals surface area contributed by atoms with Gasteiger partial charge in [-0.1, -0.05) is 74.4 Å². The van der Waals surface area contributed by atoms with Gasteiger partial charge >= 0.3 is 0 Å². The number of hydrogen-bond acceptors (Lipinski definition) is 0. The molecule has 0 bridgehead atoms. The molecule has 1 aromatic rings. The minimum atomic E-state index is 0.818. The number of benzene rings is 1. The van der Waals surface area contributed by atoms with E-state index in [-0.39, 0.29) is 0 Å². The highest BCUT2D eigenvalue weighted by atomic mass is 127. The molecule has 1 rings (SSSR count). The van der Waals surface area contributed by atoms with E-state index in [1.165, 1.54) is 41.2 Å². The molecule has 0 N–H and O–H groups in total. The van der Waals surface area contributed by atoms with Crippen LogP contribution >= 0.6 is 22.6 Å². The van der Waals surface area contributed by atoms with Crippen molar-refractivity contribution in [3.8, 4) is 0 Å². The van der Waals surface area contributed by atoms with E-state index in [0.717, 1.165) is 17.8 Å². The molecule has 0 heterocycles. The Bertz CT molecular complexity index is 377. The maximum absolute atomic E-state index is 2.56. The van der Waals surface area contributed by atoms with E-state index in [9.17, 15) is 0 Å². The highest BCUT2D eigenvalue weighted by molar-refractivity contribution is 14.1. The molecule has 0 radical (unpaired) electrons. The second-order valence-corrected chi connectivity index (χ2v) is 7.44. The highest BCUT2D eigenvalue weighted by Crippen LogP contribution is 2.29. The first-order valence-corrected chi connectivity index (χ1v) is 9.63. The predicted molar refractivity (Wildman–Crippen MR) is 99.9 cm³/mol. The zero-order valence-electron chi connectivity index (χ0n) is 13.9. The van der Waals surface area contributed by atoms with Gasteiger partial charge in [-0.3, -0.25) is 0 Å². The Balaban J connectivity index is 2.79. The number of hydrogen-bond donors (Lipinski definition) is 0. The molecule has 1 heteroatoms. The van der Waals surface area contributed by atoms with Crippen molar-refractivity contribution in [2.24, 2.45) is 17.8 Å². The standard InChI is InChI=1S/C19H31I/c1-6-14(2)10-11-18(17(5)13-20)12-19-15(3)8-7-9-16(19)4/h7-9,14,17-18H,6,10-13H2,1-5H3/t14?,17?,18-/m1/s1. The Morgan fingerprint density at radius 1 is 1.05 bits per heavy atom. The van der Waals surface area contributed by atoms with E-state index in [2.05, 4.69) is 75.4 Å².